The fourth-order valence-electron chi connectivity index (χ4n) is 0.929. The second-order valence-corrected chi connectivity index (χ2v) is 2.56. The van der Waals surface area contributed by atoms with E-state index in [9.17, 15) is 22.4 Å². The fraction of sp³-hybridized carbons (Fsp3) is 0.125. The van der Waals surface area contributed by atoms with E-state index < -0.39 is 40.4 Å². The second-order valence-electron chi connectivity index (χ2n) is 2.56. The van der Waals surface area contributed by atoms with Gasteiger partial charge in [0.15, 0.2) is 23.3 Å². The third kappa shape index (κ3) is 2.04. The zero-order valence-corrected chi connectivity index (χ0v) is 8.09. The van der Waals surface area contributed by atoms with E-state index >= 15 is 0 Å². The summed E-state index contributed by atoms with van der Waals surface area (Å²) in [6, 6.07) is 0. The summed E-state index contributed by atoms with van der Waals surface area (Å²) in [5.74, 6) is -9.23. The molecule has 0 amide bonds. The van der Waals surface area contributed by atoms with Gasteiger partial charge in [0.05, 0.1) is 0 Å². The predicted molar refractivity (Wildman–Crippen MR) is 45.2 cm³/mol. The SMILES string of the molecule is Cc1c(F)c(F)c(C(=O)O)c(F)c1F.Cl. The molecule has 1 rings (SSSR count). The van der Waals surface area contributed by atoms with Gasteiger partial charge in [0, 0.05) is 5.56 Å². The molecule has 1 N–H and O–H groups in total. The van der Waals surface area contributed by atoms with Gasteiger partial charge in [-0.1, -0.05) is 0 Å². The van der Waals surface area contributed by atoms with Crippen molar-refractivity contribution < 1.29 is 27.5 Å². The zero-order chi connectivity index (χ0) is 11.0. The smallest absolute Gasteiger partial charge is 0.341 e. The van der Waals surface area contributed by atoms with E-state index in [1.807, 2.05) is 0 Å². The van der Waals surface area contributed by atoms with Gasteiger partial charge in [-0.3, -0.25) is 0 Å². The van der Waals surface area contributed by atoms with Crippen molar-refractivity contribution in [3.8, 4) is 0 Å². The van der Waals surface area contributed by atoms with Crippen molar-refractivity contribution in [1.29, 1.82) is 0 Å². The van der Waals surface area contributed by atoms with Gasteiger partial charge in [-0.25, -0.2) is 22.4 Å². The Bertz CT molecular complexity index is 391. The molecular weight excluding hydrogens is 240 g/mol. The first-order valence-electron chi connectivity index (χ1n) is 3.43. The molecule has 1 aromatic rings. The average molecular weight is 245 g/mol. The number of carboxylic acids is 1. The topological polar surface area (TPSA) is 37.3 Å². The van der Waals surface area contributed by atoms with Crippen LogP contribution in [0.2, 0.25) is 0 Å². The lowest BCUT2D eigenvalue weighted by molar-refractivity contribution is 0.0683. The Morgan fingerprint density at radius 1 is 1.00 bits per heavy atom. The van der Waals surface area contributed by atoms with Crippen LogP contribution in [0.4, 0.5) is 17.6 Å². The second kappa shape index (κ2) is 4.48. The maximum atomic E-state index is 12.8. The highest BCUT2D eigenvalue weighted by molar-refractivity contribution is 5.88. The van der Waals surface area contributed by atoms with Crippen LogP contribution in [-0.2, 0) is 0 Å². The summed E-state index contributed by atoms with van der Waals surface area (Å²) < 4.78 is 51.1. The minimum absolute atomic E-state index is 0. The third-order valence-corrected chi connectivity index (χ3v) is 1.70. The maximum absolute atomic E-state index is 12.8. The Kier molecular flexibility index (Phi) is 4.09. The van der Waals surface area contributed by atoms with Crippen molar-refractivity contribution in [1.82, 2.24) is 0 Å². The number of rotatable bonds is 1. The first-order chi connectivity index (χ1) is 6.37. The van der Waals surface area contributed by atoms with Crippen molar-refractivity contribution >= 4 is 18.4 Å². The van der Waals surface area contributed by atoms with Crippen molar-refractivity contribution in [2.24, 2.45) is 0 Å². The molecule has 0 fully saturated rings. The molecule has 0 aliphatic rings. The molecular formula is C8H5ClF4O2. The minimum atomic E-state index is -2.06. The number of hydrogen-bond donors (Lipinski definition) is 1. The molecule has 0 bridgehead atoms. The summed E-state index contributed by atoms with van der Waals surface area (Å²) in [5.41, 5.74) is -2.50. The van der Waals surface area contributed by atoms with Crippen molar-refractivity contribution in [3.05, 3.63) is 34.4 Å². The average Bonchev–Trinajstić information content (AvgIpc) is 2.11. The van der Waals surface area contributed by atoms with Crippen LogP contribution >= 0.6 is 12.4 Å². The molecule has 0 radical (unpaired) electrons. The van der Waals surface area contributed by atoms with Gasteiger partial charge in [-0.2, -0.15) is 0 Å². The predicted octanol–water partition coefficient (Wildman–Crippen LogP) is 2.67. The van der Waals surface area contributed by atoms with Crippen LogP contribution in [0.5, 0.6) is 0 Å². The normalized spacial score (nSPS) is 9.67. The molecule has 0 heterocycles. The summed E-state index contributed by atoms with van der Waals surface area (Å²) in [7, 11) is 0. The molecule has 0 saturated heterocycles. The highest BCUT2D eigenvalue weighted by atomic mass is 35.5. The Balaban J connectivity index is 0.00000196. The van der Waals surface area contributed by atoms with Crippen LogP contribution in [0.15, 0.2) is 0 Å². The Hall–Kier alpha value is -1.30. The quantitative estimate of drug-likeness (QED) is 0.609. The number of benzene rings is 1. The molecule has 84 valence electrons. The van der Waals surface area contributed by atoms with Gasteiger partial charge in [0.2, 0.25) is 0 Å². The van der Waals surface area contributed by atoms with Gasteiger partial charge in [0.1, 0.15) is 5.56 Å². The zero-order valence-electron chi connectivity index (χ0n) is 7.28. The van der Waals surface area contributed by atoms with Crippen LogP contribution in [-0.4, -0.2) is 11.1 Å². The van der Waals surface area contributed by atoms with E-state index in [0.717, 1.165) is 6.92 Å². The lowest BCUT2D eigenvalue weighted by atomic mass is 10.1. The fourth-order valence-corrected chi connectivity index (χ4v) is 0.929. The molecule has 0 aliphatic heterocycles. The molecule has 0 spiro atoms. The van der Waals surface area contributed by atoms with Gasteiger partial charge < -0.3 is 5.11 Å². The standard InChI is InChI=1S/C8H4F4O2.ClH/c1-2-4(9)6(11)3(8(13)14)7(12)5(2)10;/h1H3,(H,13,14);1H. The number of carboxylic acid groups (broad SMARTS) is 1. The first-order valence-corrected chi connectivity index (χ1v) is 3.43. The van der Waals surface area contributed by atoms with E-state index in [0.29, 0.717) is 0 Å². The molecule has 0 aliphatic carbocycles. The summed E-state index contributed by atoms with van der Waals surface area (Å²) in [6.45, 7) is 0.808. The van der Waals surface area contributed by atoms with Crippen LogP contribution in [0.25, 0.3) is 0 Å². The van der Waals surface area contributed by atoms with Crippen LogP contribution in [0, 0.1) is 30.2 Å². The maximum Gasteiger partial charge on any atom is 0.341 e. The van der Waals surface area contributed by atoms with E-state index in [4.69, 9.17) is 5.11 Å². The number of halogens is 5. The van der Waals surface area contributed by atoms with E-state index in [1.165, 1.54) is 0 Å². The summed E-state index contributed by atoms with van der Waals surface area (Å²) in [5, 5.41) is 8.27. The minimum Gasteiger partial charge on any atom is -0.477 e. The lowest BCUT2D eigenvalue weighted by Gasteiger charge is -2.05. The summed E-state index contributed by atoms with van der Waals surface area (Å²) >= 11 is 0. The van der Waals surface area contributed by atoms with Crippen molar-refractivity contribution in [3.63, 3.8) is 0 Å². The molecule has 1 aromatic carbocycles. The van der Waals surface area contributed by atoms with Crippen molar-refractivity contribution in [2.45, 2.75) is 6.92 Å². The van der Waals surface area contributed by atoms with Gasteiger partial charge in [-0.15, -0.1) is 12.4 Å². The van der Waals surface area contributed by atoms with E-state index in [-0.39, 0.29) is 12.4 Å². The van der Waals surface area contributed by atoms with Gasteiger partial charge >= 0.3 is 5.97 Å². The molecule has 0 unspecified atom stereocenters. The third-order valence-electron chi connectivity index (χ3n) is 1.70. The molecule has 7 heteroatoms. The number of hydrogen-bond acceptors (Lipinski definition) is 1. The molecule has 0 atom stereocenters. The first kappa shape index (κ1) is 13.7. The monoisotopic (exact) mass is 244 g/mol. The molecule has 0 saturated carbocycles. The summed E-state index contributed by atoms with van der Waals surface area (Å²) in [6.07, 6.45) is 0. The number of carbonyl (C=O) groups is 1. The highest BCUT2D eigenvalue weighted by Gasteiger charge is 2.26. The van der Waals surface area contributed by atoms with E-state index in [1.54, 1.807) is 0 Å². The number of aromatic carboxylic acids is 1. The van der Waals surface area contributed by atoms with Gasteiger partial charge in [0.25, 0.3) is 0 Å². The molecule has 2 nitrogen and oxygen atoms in total. The molecule has 0 aromatic heterocycles. The Labute approximate surface area is 87.9 Å². The Morgan fingerprint density at radius 3 is 1.60 bits per heavy atom. The van der Waals surface area contributed by atoms with Crippen molar-refractivity contribution in [2.75, 3.05) is 0 Å². The highest BCUT2D eigenvalue weighted by Crippen LogP contribution is 2.23. The van der Waals surface area contributed by atoms with Gasteiger partial charge in [-0.05, 0) is 6.92 Å². The van der Waals surface area contributed by atoms with Crippen LogP contribution < -0.4 is 0 Å². The largest absolute Gasteiger partial charge is 0.477 e. The van der Waals surface area contributed by atoms with E-state index in [2.05, 4.69) is 0 Å². The van der Waals surface area contributed by atoms with Crippen LogP contribution in [0.1, 0.15) is 15.9 Å². The Morgan fingerprint density at radius 2 is 1.33 bits per heavy atom. The molecule has 15 heavy (non-hydrogen) atoms. The lowest BCUT2D eigenvalue weighted by Crippen LogP contribution is -2.11. The summed E-state index contributed by atoms with van der Waals surface area (Å²) in [4.78, 5) is 10.2. The van der Waals surface area contributed by atoms with Crippen LogP contribution in [0.3, 0.4) is 0 Å².